The van der Waals surface area contributed by atoms with Gasteiger partial charge in [-0.05, 0) is 30.7 Å². The lowest BCUT2D eigenvalue weighted by Gasteiger charge is -2.20. The molecule has 0 aliphatic carbocycles. The fourth-order valence-electron chi connectivity index (χ4n) is 1.70. The topological polar surface area (TPSA) is 50.7 Å². The molecule has 0 saturated heterocycles. The van der Waals surface area contributed by atoms with E-state index >= 15 is 0 Å². The Balaban J connectivity index is 2.01. The van der Waals surface area contributed by atoms with E-state index in [1.807, 2.05) is 12.1 Å². The fourth-order valence-corrected chi connectivity index (χ4v) is 1.99. The highest BCUT2D eigenvalue weighted by molar-refractivity contribution is 6.32. The van der Waals surface area contributed by atoms with Gasteiger partial charge in [0.05, 0.1) is 5.02 Å². The SMILES string of the molecule is OCCCNCc1cc(Cl)c2c(c1)OCCO2. The summed E-state index contributed by atoms with van der Waals surface area (Å²) in [6.07, 6.45) is 0.748. The number of benzene rings is 1. The summed E-state index contributed by atoms with van der Waals surface area (Å²) in [5.74, 6) is 1.35. The van der Waals surface area contributed by atoms with E-state index in [0.717, 1.165) is 18.5 Å². The Bertz CT molecular complexity index is 384. The molecule has 0 bridgehead atoms. The van der Waals surface area contributed by atoms with Crippen molar-refractivity contribution < 1.29 is 14.6 Å². The van der Waals surface area contributed by atoms with Gasteiger partial charge in [0.15, 0.2) is 11.5 Å². The van der Waals surface area contributed by atoms with E-state index in [2.05, 4.69) is 5.32 Å². The van der Waals surface area contributed by atoms with Gasteiger partial charge in [0.1, 0.15) is 13.2 Å². The molecule has 0 aromatic heterocycles. The van der Waals surface area contributed by atoms with Crippen LogP contribution in [-0.2, 0) is 6.54 Å². The zero-order chi connectivity index (χ0) is 12.1. The molecule has 0 unspecified atom stereocenters. The highest BCUT2D eigenvalue weighted by atomic mass is 35.5. The molecule has 0 amide bonds. The molecule has 2 N–H and O–H groups in total. The van der Waals surface area contributed by atoms with Gasteiger partial charge in [-0.15, -0.1) is 0 Å². The summed E-state index contributed by atoms with van der Waals surface area (Å²) in [7, 11) is 0. The van der Waals surface area contributed by atoms with Crippen molar-refractivity contribution in [1.29, 1.82) is 0 Å². The number of aliphatic hydroxyl groups excluding tert-OH is 1. The highest BCUT2D eigenvalue weighted by Gasteiger charge is 2.16. The molecule has 0 spiro atoms. The molecular formula is C12H16ClNO3. The third-order valence-electron chi connectivity index (χ3n) is 2.50. The summed E-state index contributed by atoms with van der Waals surface area (Å²) in [5.41, 5.74) is 1.05. The van der Waals surface area contributed by atoms with E-state index in [4.69, 9.17) is 26.2 Å². The van der Waals surface area contributed by atoms with Crippen LogP contribution in [0.3, 0.4) is 0 Å². The first-order valence-corrected chi connectivity index (χ1v) is 6.08. The number of hydrogen-bond donors (Lipinski definition) is 2. The van der Waals surface area contributed by atoms with Crippen LogP contribution in [0.2, 0.25) is 5.02 Å². The minimum atomic E-state index is 0.203. The zero-order valence-electron chi connectivity index (χ0n) is 9.54. The second kappa shape index (κ2) is 6.10. The van der Waals surface area contributed by atoms with Crippen LogP contribution < -0.4 is 14.8 Å². The van der Waals surface area contributed by atoms with E-state index in [9.17, 15) is 0 Å². The van der Waals surface area contributed by atoms with Gasteiger partial charge in [-0.2, -0.15) is 0 Å². The maximum absolute atomic E-state index is 8.67. The van der Waals surface area contributed by atoms with Crippen LogP contribution in [0.4, 0.5) is 0 Å². The first-order chi connectivity index (χ1) is 8.31. The van der Waals surface area contributed by atoms with Gasteiger partial charge < -0.3 is 19.9 Å². The predicted octanol–water partition coefficient (Wildman–Crippen LogP) is 1.58. The Morgan fingerprint density at radius 3 is 2.94 bits per heavy atom. The predicted molar refractivity (Wildman–Crippen MR) is 65.9 cm³/mol. The summed E-state index contributed by atoms with van der Waals surface area (Å²) in [6.45, 7) is 2.79. The lowest BCUT2D eigenvalue weighted by atomic mass is 10.2. The molecule has 1 aliphatic heterocycles. The van der Waals surface area contributed by atoms with Crippen LogP contribution in [0.1, 0.15) is 12.0 Å². The quantitative estimate of drug-likeness (QED) is 0.787. The standard InChI is InChI=1S/C12H16ClNO3/c13-10-6-9(8-14-2-1-3-15)7-11-12(10)17-5-4-16-11/h6-7,14-15H,1-5,8H2. The lowest BCUT2D eigenvalue weighted by molar-refractivity contribution is 0.171. The van der Waals surface area contributed by atoms with Crippen molar-refractivity contribution in [2.75, 3.05) is 26.4 Å². The minimum Gasteiger partial charge on any atom is -0.486 e. The van der Waals surface area contributed by atoms with Gasteiger partial charge in [0, 0.05) is 13.2 Å². The number of rotatable bonds is 5. The molecule has 4 nitrogen and oxygen atoms in total. The van der Waals surface area contributed by atoms with Gasteiger partial charge in [0.25, 0.3) is 0 Å². The Kier molecular flexibility index (Phi) is 4.48. The highest BCUT2D eigenvalue weighted by Crippen LogP contribution is 2.38. The smallest absolute Gasteiger partial charge is 0.179 e. The van der Waals surface area contributed by atoms with Crippen LogP contribution in [-0.4, -0.2) is 31.5 Å². The summed E-state index contributed by atoms with van der Waals surface area (Å²) in [4.78, 5) is 0. The molecule has 1 aromatic rings. The van der Waals surface area contributed by atoms with Gasteiger partial charge in [-0.3, -0.25) is 0 Å². The number of hydrogen-bond acceptors (Lipinski definition) is 4. The van der Waals surface area contributed by atoms with E-state index in [0.29, 0.717) is 36.3 Å². The van der Waals surface area contributed by atoms with Crippen molar-refractivity contribution in [1.82, 2.24) is 5.32 Å². The Hall–Kier alpha value is -0.970. The van der Waals surface area contributed by atoms with Crippen molar-refractivity contribution in [3.05, 3.63) is 22.7 Å². The molecule has 0 fully saturated rings. The van der Waals surface area contributed by atoms with Crippen LogP contribution in [0.15, 0.2) is 12.1 Å². The van der Waals surface area contributed by atoms with Crippen molar-refractivity contribution in [2.45, 2.75) is 13.0 Å². The summed E-state index contributed by atoms with van der Waals surface area (Å²) >= 11 is 6.11. The Morgan fingerprint density at radius 2 is 2.12 bits per heavy atom. The monoisotopic (exact) mass is 257 g/mol. The Morgan fingerprint density at radius 1 is 1.29 bits per heavy atom. The number of ether oxygens (including phenoxy) is 2. The molecule has 1 heterocycles. The number of aliphatic hydroxyl groups is 1. The van der Waals surface area contributed by atoms with Crippen LogP contribution in [0.25, 0.3) is 0 Å². The minimum absolute atomic E-state index is 0.203. The van der Waals surface area contributed by atoms with Gasteiger partial charge in [-0.25, -0.2) is 0 Å². The summed E-state index contributed by atoms with van der Waals surface area (Å²) in [5, 5.41) is 12.5. The van der Waals surface area contributed by atoms with Crippen molar-refractivity contribution in [2.24, 2.45) is 0 Å². The molecule has 1 aromatic carbocycles. The van der Waals surface area contributed by atoms with Crippen molar-refractivity contribution >= 4 is 11.6 Å². The molecule has 1 aliphatic rings. The van der Waals surface area contributed by atoms with Crippen LogP contribution in [0.5, 0.6) is 11.5 Å². The second-order valence-corrected chi connectivity index (χ2v) is 4.26. The third kappa shape index (κ3) is 3.25. The van der Waals surface area contributed by atoms with E-state index < -0.39 is 0 Å². The third-order valence-corrected chi connectivity index (χ3v) is 2.78. The lowest BCUT2D eigenvalue weighted by Crippen LogP contribution is -2.18. The van der Waals surface area contributed by atoms with Crippen LogP contribution in [0, 0.1) is 0 Å². The first-order valence-electron chi connectivity index (χ1n) is 5.71. The molecule has 2 rings (SSSR count). The molecule has 0 radical (unpaired) electrons. The average Bonchev–Trinajstić information content (AvgIpc) is 2.35. The van der Waals surface area contributed by atoms with Crippen molar-refractivity contribution in [3.8, 4) is 11.5 Å². The summed E-state index contributed by atoms with van der Waals surface area (Å²) < 4.78 is 10.9. The van der Waals surface area contributed by atoms with Gasteiger partial charge >= 0.3 is 0 Å². The summed E-state index contributed by atoms with van der Waals surface area (Å²) in [6, 6.07) is 3.81. The largest absolute Gasteiger partial charge is 0.486 e. The van der Waals surface area contributed by atoms with E-state index in [1.54, 1.807) is 0 Å². The van der Waals surface area contributed by atoms with Crippen molar-refractivity contribution in [3.63, 3.8) is 0 Å². The van der Waals surface area contributed by atoms with Gasteiger partial charge in [0.2, 0.25) is 0 Å². The molecule has 17 heavy (non-hydrogen) atoms. The number of fused-ring (bicyclic) bond motifs is 1. The van der Waals surface area contributed by atoms with E-state index in [1.165, 1.54) is 0 Å². The maximum atomic E-state index is 8.67. The first kappa shape index (κ1) is 12.5. The fraction of sp³-hybridized carbons (Fsp3) is 0.500. The molecule has 5 heteroatoms. The number of halogens is 1. The Labute approximate surface area is 105 Å². The molecular weight excluding hydrogens is 242 g/mol. The molecule has 0 saturated carbocycles. The average molecular weight is 258 g/mol. The maximum Gasteiger partial charge on any atom is 0.179 e. The molecule has 0 atom stereocenters. The zero-order valence-corrected chi connectivity index (χ0v) is 10.3. The van der Waals surface area contributed by atoms with E-state index in [-0.39, 0.29) is 6.61 Å². The number of nitrogens with one attached hydrogen (secondary N) is 1. The molecule has 94 valence electrons. The van der Waals surface area contributed by atoms with Gasteiger partial charge in [-0.1, -0.05) is 11.6 Å². The van der Waals surface area contributed by atoms with Crippen LogP contribution >= 0.6 is 11.6 Å². The second-order valence-electron chi connectivity index (χ2n) is 3.86. The normalized spacial score (nSPS) is 13.8.